The van der Waals surface area contributed by atoms with E-state index in [4.69, 9.17) is 10.00 Å². The second-order valence-corrected chi connectivity index (χ2v) is 3.92. The van der Waals surface area contributed by atoms with Gasteiger partial charge in [-0.2, -0.15) is 10.4 Å². The molecule has 1 N–H and O–H groups in total. The molecule has 1 aromatic rings. The highest BCUT2D eigenvalue weighted by atomic mass is 16.5. The minimum Gasteiger partial charge on any atom is -0.369 e. The van der Waals surface area contributed by atoms with Crippen LogP contribution in [0.15, 0.2) is 6.20 Å². The van der Waals surface area contributed by atoms with Crippen molar-refractivity contribution in [2.75, 3.05) is 12.4 Å². The molecule has 0 aliphatic rings. The van der Waals surface area contributed by atoms with Gasteiger partial charge >= 0.3 is 0 Å². The van der Waals surface area contributed by atoms with Gasteiger partial charge in [0.15, 0.2) is 5.82 Å². The molecule has 1 heterocycles. The van der Waals surface area contributed by atoms with Gasteiger partial charge in [-0.15, -0.1) is 0 Å². The van der Waals surface area contributed by atoms with E-state index < -0.39 is 5.60 Å². The molecule has 0 spiro atoms. The van der Waals surface area contributed by atoms with E-state index in [0.717, 1.165) is 0 Å². The predicted octanol–water partition coefficient (Wildman–Crippen LogP) is 1.05. The molecule has 1 rings (SSSR count). The van der Waals surface area contributed by atoms with Crippen LogP contribution in [-0.2, 0) is 16.6 Å². The second-order valence-electron chi connectivity index (χ2n) is 3.92. The Morgan fingerprint density at radius 2 is 2.41 bits per heavy atom. The molecule has 0 saturated heterocycles. The van der Waals surface area contributed by atoms with Crippen molar-refractivity contribution in [3.63, 3.8) is 0 Å². The Labute approximate surface area is 100 Å². The zero-order chi connectivity index (χ0) is 13.1. The van der Waals surface area contributed by atoms with Crippen molar-refractivity contribution >= 4 is 11.7 Å². The maximum absolute atomic E-state index is 12.0. The van der Waals surface area contributed by atoms with Crippen LogP contribution in [0.4, 0.5) is 5.82 Å². The summed E-state index contributed by atoms with van der Waals surface area (Å²) < 4.78 is 6.65. The number of carbonyl (C=O) groups is 1. The smallest absolute Gasteiger partial charge is 0.257 e. The van der Waals surface area contributed by atoms with Crippen molar-refractivity contribution in [1.29, 1.82) is 5.26 Å². The lowest BCUT2D eigenvalue weighted by molar-refractivity contribution is -0.136. The van der Waals surface area contributed by atoms with Crippen LogP contribution in [-0.4, -0.2) is 28.4 Å². The van der Waals surface area contributed by atoms with Crippen molar-refractivity contribution in [3.8, 4) is 6.07 Å². The number of carbonyl (C=O) groups excluding carboxylic acids is 1. The second kappa shape index (κ2) is 4.97. The van der Waals surface area contributed by atoms with E-state index in [1.807, 2.05) is 13.0 Å². The number of hydrogen-bond acceptors (Lipinski definition) is 4. The topological polar surface area (TPSA) is 79.9 Å². The molecule has 1 atom stereocenters. The number of nitrogens with zero attached hydrogens (tertiary/aromatic N) is 3. The van der Waals surface area contributed by atoms with Crippen LogP contribution < -0.4 is 5.32 Å². The number of hydrogen-bond donors (Lipinski definition) is 1. The average molecular weight is 236 g/mol. The Hall–Kier alpha value is -1.87. The maximum Gasteiger partial charge on any atom is 0.257 e. The molecule has 0 aromatic carbocycles. The van der Waals surface area contributed by atoms with Gasteiger partial charge in [0.2, 0.25) is 0 Å². The SMILES string of the molecule is CCC(C)(OC)C(=O)Nc1nn(C)cc1C#N. The Balaban J connectivity index is 2.92. The maximum atomic E-state index is 12.0. The molecule has 1 unspecified atom stereocenters. The highest BCUT2D eigenvalue weighted by Crippen LogP contribution is 2.18. The fourth-order valence-electron chi connectivity index (χ4n) is 1.30. The van der Waals surface area contributed by atoms with Crippen LogP contribution in [0.5, 0.6) is 0 Å². The van der Waals surface area contributed by atoms with Gasteiger partial charge in [0.1, 0.15) is 17.2 Å². The summed E-state index contributed by atoms with van der Waals surface area (Å²) in [5.74, 6) is -0.0468. The van der Waals surface area contributed by atoms with Crippen LogP contribution in [0.2, 0.25) is 0 Å². The van der Waals surface area contributed by atoms with Crippen molar-refractivity contribution in [1.82, 2.24) is 9.78 Å². The molecule has 1 amide bonds. The highest BCUT2D eigenvalue weighted by molar-refractivity contribution is 5.97. The number of anilines is 1. The molecule has 92 valence electrons. The molecule has 1 aromatic heterocycles. The molecule has 0 aliphatic heterocycles. The monoisotopic (exact) mass is 236 g/mol. The number of nitrogens with one attached hydrogen (secondary N) is 1. The summed E-state index contributed by atoms with van der Waals surface area (Å²) in [5, 5.41) is 15.5. The van der Waals surface area contributed by atoms with Gasteiger partial charge in [-0.25, -0.2) is 0 Å². The van der Waals surface area contributed by atoms with Crippen LogP contribution in [0, 0.1) is 11.3 Å². The molecule has 6 heteroatoms. The molecule has 0 radical (unpaired) electrons. The first kappa shape index (κ1) is 13.2. The molecule has 0 saturated carbocycles. The van der Waals surface area contributed by atoms with Gasteiger partial charge in [-0.1, -0.05) is 6.92 Å². The normalized spacial score (nSPS) is 13.8. The van der Waals surface area contributed by atoms with E-state index in [1.54, 1.807) is 20.2 Å². The average Bonchev–Trinajstić information content (AvgIpc) is 2.68. The van der Waals surface area contributed by atoms with Gasteiger partial charge < -0.3 is 10.1 Å². The van der Waals surface area contributed by atoms with Gasteiger partial charge in [-0.3, -0.25) is 9.48 Å². The Bertz CT molecular complexity index is 455. The van der Waals surface area contributed by atoms with Crippen molar-refractivity contribution in [3.05, 3.63) is 11.8 Å². The molecule has 6 nitrogen and oxygen atoms in total. The lowest BCUT2D eigenvalue weighted by Crippen LogP contribution is -2.41. The molecular weight excluding hydrogens is 220 g/mol. The summed E-state index contributed by atoms with van der Waals surface area (Å²) in [6.45, 7) is 3.55. The van der Waals surface area contributed by atoms with Gasteiger partial charge in [-0.05, 0) is 13.3 Å². The first-order chi connectivity index (χ1) is 7.96. The number of aromatic nitrogens is 2. The highest BCUT2D eigenvalue weighted by Gasteiger charge is 2.31. The third-order valence-corrected chi connectivity index (χ3v) is 2.79. The van der Waals surface area contributed by atoms with Crippen LogP contribution in [0.25, 0.3) is 0 Å². The Kier molecular flexibility index (Phi) is 3.86. The Morgan fingerprint density at radius 1 is 1.76 bits per heavy atom. The first-order valence-electron chi connectivity index (χ1n) is 5.27. The zero-order valence-corrected chi connectivity index (χ0v) is 10.4. The van der Waals surface area contributed by atoms with E-state index in [1.165, 1.54) is 11.8 Å². The fourth-order valence-corrected chi connectivity index (χ4v) is 1.30. The zero-order valence-electron chi connectivity index (χ0n) is 10.4. The van der Waals surface area contributed by atoms with E-state index in [0.29, 0.717) is 12.0 Å². The van der Waals surface area contributed by atoms with E-state index >= 15 is 0 Å². The van der Waals surface area contributed by atoms with Crippen LogP contribution >= 0.6 is 0 Å². The number of rotatable bonds is 4. The number of amides is 1. The largest absolute Gasteiger partial charge is 0.369 e. The molecule has 17 heavy (non-hydrogen) atoms. The van der Waals surface area contributed by atoms with Gasteiger partial charge in [0, 0.05) is 20.4 Å². The molecular formula is C11H16N4O2. The van der Waals surface area contributed by atoms with Gasteiger partial charge in [0.05, 0.1) is 0 Å². The Morgan fingerprint density at radius 3 is 2.88 bits per heavy atom. The fraction of sp³-hybridized carbons (Fsp3) is 0.545. The van der Waals surface area contributed by atoms with Crippen molar-refractivity contribution in [2.24, 2.45) is 7.05 Å². The number of ether oxygens (including phenoxy) is 1. The number of aryl methyl sites for hydroxylation is 1. The predicted molar refractivity (Wildman–Crippen MR) is 62.3 cm³/mol. The van der Waals surface area contributed by atoms with Gasteiger partial charge in [0.25, 0.3) is 5.91 Å². The van der Waals surface area contributed by atoms with Crippen molar-refractivity contribution < 1.29 is 9.53 Å². The molecule has 0 bridgehead atoms. The minimum absolute atomic E-state index is 0.261. The standard InChI is InChI=1S/C11H16N4O2/c1-5-11(2,17-4)10(16)13-9-8(6-12)7-15(3)14-9/h7H,5H2,1-4H3,(H,13,14,16). The van der Waals surface area contributed by atoms with Crippen molar-refractivity contribution in [2.45, 2.75) is 25.9 Å². The lowest BCUT2D eigenvalue weighted by atomic mass is 10.0. The third-order valence-electron chi connectivity index (χ3n) is 2.79. The first-order valence-corrected chi connectivity index (χ1v) is 5.27. The molecule has 0 fully saturated rings. The summed E-state index contributed by atoms with van der Waals surface area (Å²) in [6.07, 6.45) is 2.08. The van der Waals surface area contributed by atoms with Crippen LogP contribution in [0.1, 0.15) is 25.8 Å². The summed E-state index contributed by atoms with van der Waals surface area (Å²) in [4.78, 5) is 12.0. The minimum atomic E-state index is -0.912. The summed E-state index contributed by atoms with van der Waals surface area (Å²) in [7, 11) is 3.17. The molecule has 0 aliphatic carbocycles. The van der Waals surface area contributed by atoms with Crippen LogP contribution in [0.3, 0.4) is 0 Å². The number of methoxy groups -OCH3 is 1. The van der Waals surface area contributed by atoms with E-state index in [2.05, 4.69) is 10.4 Å². The third kappa shape index (κ3) is 2.63. The summed E-state index contributed by atoms with van der Waals surface area (Å²) in [6, 6.07) is 1.97. The van der Waals surface area contributed by atoms with E-state index in [-0.39, 0.29) is 11.7 Å². The summed E-state index contributed by atoms with van der Waals surface area (Å²) in [5.41, 5.74) is -0.583. The lowest BCUT2D eigenvalue weighted by Gasteiger charge is -2.24. The number of nitriles is 1. The van der Waals surface area contributed by atoms with E-state index in [9.17, 15) is 4.79 Å². The quantitative estimate of drug-likeness (QED) is 0.847. The summed E-state index contributed by atoms with van der Waals surface area (Å²) >= 11 is 0.